The zero-order chi connectivity index (χ0) is 12.9. The fourth-order valence-corrected chi connectivity index (χ4v) is 2.15. The molecule has 4 nitrogen and oxygen atoms in total. The van der Waals surface area contributed by atoms with Gasteiger partial charge in [-0.15, -0.1) is 0 Å². The highest BCUT2D eigenvalue weighted by Gasteiger charge is 2.19. The van der Waals surface area contributed by atoms with E-state index in [1.54, 1.807) is 7.11 Å². The lowest BCUT2D eigenvalue weighted by atomic mass is 9.90. The van der Waals surface area contributed by atoms with E-state index in [1.807, 2.05) is 6.92 Å². The van der Waals surface area contributed by atoms with Crippen LogP contribution in [0.3, 0.4) is 0 Å². The molecule has 0 saturated heterocycles. The Hall–Kier alpha value is -1.12. The van der Waals surface area contributed by atoms with Gasteiger partial charge in [-0.25, -0.2) is 0 Å². The number of methoxy groups -OCH3 is 1. The van der Waals surface area contributed by atoms with Crippen molar-refractivity contribution < 1.29 is 4.74 Å². The van der Waals surface area contributed by atoms with E-state index in [9.17, 15) is 0 Å². The number of nitrogens with one attached hydrogen (secondary N) is 1. The van der Waals surface area contributed by atoms with E-state index in [2.05, 4.69) is 29.6 Å². The minimum Gasteiger partial charge on any atom is -0.385 e. The highest BCUT2D eigenvalue weighted by molar-refractivity contribution is 7.10. The van der Waals surface area contributed by atoms with Gasteiger partial charge in [-0.1, -0.05) is 13.8 Å². The van der Waals surface area contributed by atoms with Gasteiger partial charge in [0.2, 0.25) is 0 Å². The quantitative estimate of drug-likeness (QED) is 0.847. The molecule has 0 bridgehead atoms. The zero-order valence-electron chi connectivity index (χ0n) is 10.8. The van der Waals surface area contributed by atoms with Crippen molar-refractivity contribution in [3.8, 4) is 6.07 Å². The Morgan fingerprint density at radius 2 is 2.24 bits per heavy atom. The Balaban J connectivity index is 2.58. The molecule has 0 unspecified atom stereocenters. The van der Waals surface area contributed by atoms with Crippen LogP contribution in [0.2, 0.25) is 0 Å². The van der Waals surface area contributed by atoms with Crippen molar-refractivity contribution in [2.75, 3.05) is 25.6 Å². The van der Waals surface area contributed by atoms with Crippen LogP contribution in [0.1, 0.15) is 31.5 Å². The highest BCUT2D eigenvalue weighted by atomic mass is 32.1. The first-order valence-corrected chi connectivity index (χ1v) is 6.36. The molecule has 1 N–H and O–H groups in total. The molecule has 0 fully saturated rings. The fraction of sp³-hybridized carbons (Fsp3) is 0.667. The summed E-state index contributed by atoms with van der Waals surface area (Å²) < 4.78 is 9.27. The van der Waals surface area contributed by atoms with Crippen molar-refractivity contribution in [1.29, 1.82) is 5.26 Å². The number of nitrogens with zero attached hydrogens (tertiary/aromatic N) is 2. The maximum Gasteiger partial charge on any atom is 0.127 e. The summed E-state index contributed by atoms with van der Waals surface area (Å²) in [5.41, 5.74) is 1.60. The highest BCUT2D eigenvalue weighted by Crippen LogP contribution is 2.26. The number of nitriles is 1. The molecule has 0 aliphatic rings. The summed E-state index contributed by atoms with van der Waals surface area (Å²) in [5.74, 6) is 0. The molecule has 0 aliphatic carbocycles. The summed E-state index contributed by atoms with van der Waals surface area (Å²) in [6.07, 6.45) is 0.982. The lowest BCUT2D eigenvalue weighted by molar-refractivity contribution is 0.157. The van der Waals surface area contributed by atoms with E-state index >= 15 is 0 Å². The lowest BCUT2D eigenvalue weighted by Crippen LogP contribution is -2.24. The largest absolute Gasteiger partial charge is 0.385 e. The molecule has 0 spiro atoms. The third-order valence-corrected chi connectivity index (χ3v) is 3.58. The van der Waals surface area contributed by atoms with Crippen LogP contribution >= 0.6 is 11.5 Å². The predicted octanol–water partition coefficient (Wildman–Crippen LogP) is 2.80. The Morgan fingerprint density at radius 1 is 1.53 bits per heavy atom. The summed E-state index contributed by atoms with van der Waals surface area (Å²) in [7, 11) is 1.71. The van der Waals surface area contributed by atoms with E-state index in [-0.39, 0.29) is 5.41 Å². The number of aromatic nitrogens is 1. The summed E-state index contributed by atoms with van der Waals surface area (Å²) in [6, 6.07) is 2.18. The first-order valence-electron chi connectivity index (χ1n) is 5.59. The summed E-state index contributed by atoms with van der Waals surface area (Å²) in [5, 5.41) is 13.2. The van der Waals surface area contributed by atoms with E-state index in [4.69, 9.17) is 10.00 Å². The molecule has 1 heterocycles. The predicted molar refractivity (Wildman–Crippen MR) is 70.3 cm³/mol. The van der Waals surface area contributed by atoms with Crippen LogP contribution in [0.5, 0.6) is 0 Å². The maximum atomic E-state index is 9.02. The topological polar surface area (TPSA) is 57.9 Å². The van der Waals surface area contributed by atoms with Crippen LogP contribution in [0.25, 0.3) is 0 Å². The van der Waals surface area contributed by atoms with Crippen LogP contribution in [0, 0.1) is 23.7 Å². The number of hydrogen-bond donors (Lipinski definition) is 1. The monoisotopic (exact) mass is 253 g/mol. The van der Waals surface area contributed by atoms with E-state index in [0.29, 0.717) is 5.56 Å². The number of anilines is 1. The fourth-order valence-electron chi connectivity index (χ4n) is 1.41. The SMILES string of the molecule is COCCC(C)(C)CNc1snc(C)c1C#N. The van der Waals surface area contributed by atoms with Gasteiger partial charge in [-0.3, -0.25) is 0 Å². The van der Waals surface area contributed by atoms with Gasteiger partial charge in [-0.2, -0.15) is 9.64 Å². The number of hydrogen-bond acceptors (Lipinski definition) is 5. The second-order valence-corrected chi connectivity index (χ2v) is 5.62. The van der Waals surface area contributed by atoms with E-state index in [0.717, 1.165) is 30.3 Å². The molecule has 17 heavy (non-hydrogen) atoms. The van der Waals surface area contributed by atoms with Gasteiger partial charge < -0.3 is 10.1 Å². The van der Waals surface area contributed by atoms with Gasteiger partial charge >= 0.3 is 0 Å². The molecular weight excluding hydrogens is 234 g/mol. The minimum absolute atomic E-state index is 0.140. The molecule has 0 aliphatic heterocycles. The smallest absolute Gasteiger partial charge is 0.127 e. The van der Waals surface area contributed by atoms with Crippen molar-refractivity contribution in [2.24, 2.45) is 5.41 Å². The van der Waals surface area contributed by atoms with Crippen molar-refractivity contribution in [2.45, 2.75) is 27.2 Å². The van der Waals surface area contributed by atoms with Gasteiger partial charge in [0.1, 0.15) is 16.6 Å². The second-order valence-electron chi connectivity index (χ2n) is 4.84. The third kappa shape index (κ3) is 3.99. The minimum atomic E-state index is 0.140. The summed E-state index contributed by atoms with van der Waals surface area (Å²) in [6.45, 7) is 7.78. The van der Waals surface area contributed by atoms with E-state index in [1.165, 1.54) is 11.5 Å². The van der Waals surface area contributed by atoms with Crippen LogP contribution in [-0.2, 0) is 4.74 Å². The summed E-state index contributed by atoms with van der Waals surface area (Å²) in [4.78, 5) is 0. The Morgan fingerprint density at radius 3 is 2.82 bits per heavy atom. The van der Waals surface area contributed by atoms with Crippen molar-refractivity contribution >= 4 is 16.5 Å². The van der Waals surface area contributed by atoms with Crippen LogP contribution < -0.4 is 5.32 Å². The Labute approximate surface area is 107 Å². The van der Waals surface area contributed by atoms with E-state index < -0.39 is 0 Å². The van der Waals surface area contributed by atoms with Crippen molar-refractivity contribution in [3.05, 3.63) is 11.3 Å². The number of aryl methyl sites for hydroxylation is 1. The zero-order valence-corrected chi connectivity index (χ0v) is 11.6. The van der Waals surface area contributed by atoms with Crippen LogP contribution in [0.15, 0.2) is 0 Å². The van der Waals surface area contributed by atoms with Crippen LogP contribution in [0.4, 0.5) is 5.00 Å². The molecule has 0 radical (unpaired) electrons. The maximum absolute atomic E-state index is 9.02. The first kappa shape index (κ1) is 13.9. The van der Waals surface area contributed by atoms with Crippen molar-refractivity contribution in [1.82, 2.24) is 4.37 Å². The second kappa shape index (κ2) is 5.99. The molecule has 0 aromatic carbocycles. The standard InChI is InChI=1S/C12H19N3OS/c1-9-10(7-13)11(17-15-9)14-8-12(2,3)5-6-16-4/h14H,5-6,8H2,1-4H3. The number of ether oxygens (including phenoxy) is 1. The lowest BCUT2D eigenvalue weighted by Gasteiger charge is -2.24. The van der Waals surface area contributed by atoms with Gasteiger partial charge in [-0.05, 0) is 30.3 Å². The molecule has 1 rings (SSSR count). The van der Waals surface area contributed by atoms with Crippen LogP contribution in [-0.4, -0.2) is 24.6 Å². The molecule has 5 heteroatoms. The van der Waals surface area contributed by atoms with Gasteiger partial charge in [0.15, 0.2) is 0 Å². The molecule has 0 atom stereocenters. The Kier molecular flexibility index (Phi) is 4.91. The average Bonchev–Trinajstić information content (AvgIpc) is 2.65. The van der Waals surface area contributed by atoms with Gasteiger partial charge in [0.05, 0.1) is 5.69 Å². The molecule has 0 amide bonds. The number of rotatable bonds is 6. The van der Waals surface area contributed by atoms with Crippen molar-refractivity contribution in [3.63, 3.8) is 0 Å². The molecule has 94 valence electrons. The normalized spacial score (nSPS) is 11.2. The molecule has 1 aromatic heterocycles. The van der Waals surface area contributed by atoms with Gasteiger partial charge in [0.25, 0.3) is 0 Å². The average molecular weight is 253 g/mol. The van der Waals surface area contributed by atoms with Gasteiger partial charge in [0, 0.05) is 20.3 Å². The molecule has 1 aromatic rings. The third-order valence-electron chi connectivity index (χ3n) is 2.68. The molecule has 0 saturated carbocycles. The summed E-state index contributed by atoms with van der Waals surface area (Å²) >= 11 is 1.35. The first-order chi connectivity index (χ1) is 8.00. The Bertz CT molecular complexity index is 406. The molecular formula is C12H19N3OS.